The number of aromatic nitrogens is 1. The van der Waals surface area contributed by atoms with Crippen molar-refractivity contribution in [3.8, 4) is 0 Å². The van der Waals surface area contributed by atoms with E-state index in [9.17, 15) is 4.79 Å². The number of benzene rings is 2. The van der Waals surface area contributed by atoms with Gasteiger partial charge in [0.1, 0.15) is 0 Å². The van der Waals surface area contributed by atoms with Gasteiger partial charge in [0.05, 0.1) is 0 Å². The molecule has 0 amide bonds. The molecular weight excluding hydrogens is 258 g/mol. The van der Waals surface area contributed by atoms with Gasteiger partial charge >= 0.3 is 0 Å². The summed E-state index contributed by atoms with van der Waals surface area (Å²) in [6, 6.07) is 17.3. The number of hydrogen-bond donors (Lipinski definition) is 1. The summed E-state index contributed by atoms with van der Waals surface area (Å²) in [6.07, 6.45) is 0.853. The van der Waals surface area contributed by atoms with Crippen LogP contribution in [0.5, 0.6) is 0 Å². The first-order valence-electron chi connectivity index (χ1n) is 6.07. The minimum Gasteiger partial charge on any atom is -0.322 e. The fourth-order valence-electron chi connectivity index (χ4n) is 2.15. The first-order chi connectivity index (χ1) is 9.20. The number of fused-ring (bicyclic) bond motifs is 1. The van der Waals surface area contributed by atoms with Crippen LogP contribution in [-0.2, 0) is 6.42 Å². The molecule has 0 atom stereocenters. The Bertz CT molecular complexity index is 775. The molecule has 0 radical (unpaired) electrons. The van der Waals surface area contributed by atoms with Crippen molar-refractivity contribution >= 4 is 22.5 Å². The van der Waals surface area contributed by atoms with E-state index in [0.29, 0.717) is 0 Å². The van der Waals surface area contributed by atoms with Gasteiger partial charge in [-0.3, -0.25) is 4.79 Å². The summed E-state index contributed by atoms with van der Waals surface area (Å²) < 4.78 is 0. The highest BCUT2D eigenvalue weighted by molar-refractivity contribution is 6.30. The van der Waals surface area contributed by atoms with Crippen molar-refractivity contribution in [2.45, 2.75) is 6.42 Å². The number of pyridine rings is 1. The highest BCUT2D eigenvalue weighted by atomic mass is 35.5. The average molecular weight is 270 g/mol. The third kappa shape index (κ3) is 2.69. The summed E-state index contributed by atoms with van der Waals surface area (Å²) in [5, 5.41) is 1.80. The van der Waals surface area contributed by atoms with Crippen LogP contribution in [0.15, 0.2) is 59.4 Å². The highest BCUT2D eigenvalue weighted by Crippen LogP contribution is 2.17. The second-order valence-corrected chi connectivity index (χ2v) is 4.98. The van der Waals surface area contributed by atoms with E-state index < -0.39 is 0 Å². The van der Waals surface area contributed by atoms with Crippen LogP contribution in [0.2, 0.25) is 5.02 Å². The molecule has 94 valence electrons. The molecule has 3 heteroatoms. The van der Waals surface area contributed by atoms with Crippen LogP contribution < -0.4 is 5.56 Å². The van der Waals surface area contributed by atoms with Gasteiger partial charge in [-0.05, 0) is 53.3 Å². The fraction of sp³-hybridized carbons (Fsp3) is 0.0625. The zero-order valence-electron chi connectivity index (χ0n) is 10.2. The lowest BCUT2D eigenvalue weighted by atomic mass is 10.0. The van der Waals surface area contributed by atoms with Crippen LogP contribution in [0.25, 0.3) is 10.9 Å². The predicted octanol–water partition coefficient (Wildman–Crippen LogP) is 3.77. The molecule has 2 nitrogen and oxygen atoms in total. The lowest BCUT2D eigenvalue weighted by Crippen LogP contribution is -2.02. The monoisotopic (exact) mass is 269 g/mol. The van der Waals surface area contributed by atoms with Crippen LogP contribution in [-0.4, -0.2) is 4.98 Å². The molecule has 0 aliphatic heterocycles. The first-order valence-corrected chi connectivity index (χ1v) is 6.45. The molecule has 1 heterocycles. The van der Waals surface area contributed by atoms with Crippen molar-refractivity contribution in [3.63, 3.8) is 0 Å². The number of aromatic amines is 1. The third-order valence-electron chi connectivity index (χ3n) is 3.11. The Labute approximate surface area is 115 Å². The SMILES string of the molecule is O=c1ccc2cc(Cc3ccc(Cl)cc3)ccc2[nH]1. The van der Waals surface area contributed by atoms with Gasteiger partial charge in [0.25, 0.3) is 0 Å². The second-order valence-electron chi connectivity index (χ2n) is 4.55. The molecule has 2 aromatic carbocycles. The zero-order chi connectivity index (χ0) is 13.2. The lowest BCUT2D eigenvalue weighted by molar-refractivity contribution is 1.19. The highest BCUT2D eigenvalue weighted by Gasteiger charge is 2.00. The lowest BCUT2D eigenvalue weighted by Gasteiger charge is -2.04. The minimum absolute atomic E-state index is 0.0713. The van der Waals surface area contributed by atoms with Crippen LogP contribution >= 0.6 is 11.6 Å². The minimum atomic E-state index is -0.0713. The number of nitrogens with one attached hydrogen (secondary N) is 1. The summed E-state index contributed by atoms with van der Waals surface area (Å²) in [4.78, 5) is 14.0. The molecule has 0 bridgehead atoms. The molecule has 0 aliphatic carbocycles. The van der Waals surface area contributed by atoms with Crippen molar-refractivity contribution in [1.29, 1.82) is 0 Å². The van der Waals surface area contributed by atoms with Crippen molar-refractivity contribution in [3.05, 3.63) is 81.1 Å². The molecule has 3 rings (SSSR count). The molecule has 0 unspecified atom stereocenters. The molecule has 0 aliphatic rings. The van der Waals surface area contributed by atoms with Gasteiger partial charge < -0.3 is 4.98 Å². The van der Waals surface area contributed by atoms with E-state index in [1.165, 1.54) is 11.1 Å². The number of rotatable bonds is 2. The quantitative estimate of drug-likeness (QED) is 0.755. The number of hydrogen-bond acceptors (Lipinski definition) is 1. The van der Waals surface area contributed by atoms with Crippen molar-refractivity contribution in [2.24, 2.45) is 0 Å². The van der Waals surface area contributed by atoms with E-state index in [-0.39, 0.29) is 5.56 Å². The Balaban J connectivity index is 1.95. The van der Waals surface area contributed by atoms with Crippen LogP contribution in [0.4, 0.5) is 0 Å². The molecule has 1 aromatic heterocycles. The van der Waals surface area contributed by atoms with Gasteiger partial charge in [-0.25, -0.2) is 0 Å². The Hall–Kier alpha value is -2.06. The average Bonchev–Trinajstić information content (AvgIpc) is 2.42. The maximum atomic E-state index is 11.2. The van der Waals surface area contributed by atoms with Gasteiger partial charge in [-0.15, -0.1) is 0 Å². The van der Waals surface area contributed by atoms with Gasteiger partial charge in [0, 0.05) is 16.6 Å². The van der Waals surface area contributed by atoms with E-state index >= 15 is 0 Å². The maximum Gasteiger partial charge on any atom is 0.248 e. The van der Waals surface area contributed by atoms with E-state index in [4.69, 9.17) is 11.6 Å². The van der Waals surface area contributed by atoms with Crippen LogP contribution in [0.1, 0.15) is 11.1 Å². The zero-order valence-corrected chi connectivity index (χ0v) is 10.9. The first kappa shape index (κ1) is 12.0. The van der Waals surface area contributed by atoms with Crippen molar-refractivity contribution < 1.29 is 0 Å². The van der Waals surface area contributed by atoms with Gasteiger partial charge in [-0.1, -0.05) is 29.8 Å². The summed E-state index contributed by atoms with van der Waals surface area (Å²) in [5.74, 6) is 0. The second kappa shape index (κ2) is 4.90. The van der Waals surface area contributed by atoms with E-state index in [2.05, 4.69) is 11.1 Å². The van der Waals surface area contributed by atoms with Crippen LogP contribution in [0, 0.1) is 0 Å². The largest absolute Gasteiger partial charge is 0.322 e. The Kier molecular flexibility index (Phi) is 3.10. The molecule has 0 spiro atoms. The third-order valence-corrected chi connectivity index (χ3v) is 3.36. The Morgan fingerprint density at radius 3 is 2.42 bits per heavy atom. The number of halogens is 1. The summed E-state index contributed by atoms with van der Waals surface area (Å²) >= 11 is 5.87. The molecule has 1 N–H and O–H groups in total. The normalized spacial score (nSPS) is 10.8. The maximum absolute atomic E-state index is 11.2. The summed E-state index contributed by atoms with van der Waals surface area (Å²) in [5.41, 5.74) is 3.22. The molecule has 3 aromatic rings. The van der Waals surface area contributed by atoms with Gasteiger partial charge in [0.15, 0.2) is 0 Å². The van der Waals surface area contributed by atoms with Crippen molar-refractivity contribution in [2.75, 3.05) is 0 Å². The summed E-state index contributed by atoms with van der Waals surface area (Å²) in [7, 11) is 0. The summed E-state index contributed by atoms with van der Waals surface area (Å²) in [6.45, 7) is 0. The smallest absolute Gasteiger partial charge is 0.248 e. The van der Waals surface area contributed by atoms with Gasteiger partial charge in [0.2, 0.25) is 5.56 Å². The van der Waals surface area contributed by atoms with Gasteiger partial charge in [-0.2, -0.15) is 0 Å². The molecule has 0 fully saturated rings. The molecule has 0 saturated carbocycles. The van der Waals surface area contributed by atoms with E-state index in [1.54, 1.807) is 6.07 Å². The number of H-pyrrole nitrogens is 1. The molecule has 0 saturated heterocycles. The molecule has 19 heavy (non-hydrogen) atoms. The fourth-order valence-corrected chi connectivity index (χ4v) is 2.28. The van der Waals surface area contributed by atoms with E-state index in [1.807, 2.05) is 42.5 Å². The Morgan fingerprint density at radius 1 is 0.895 bits per heavy atom. The standard InChI is InChI=1S/C16H12ClNO/c17-14-5-1-11(2-6-14)9-12-3-7-15-13(10-12)4-8-16(19)18-15/h1-8,10H,9H2,(H,18,19). The Morgan fingerprint density at radius 2 is 1.63 bits per heavy atom. The van der Waals surface area contributed by atoms with E-state index in [0.717, 1.165) is 22.3 Å². The van der Waals surface area contributed by atoms with Crippen LogP contribution in [0.3, 0.4) is 0 Å². The predicted molar refractivity (Wildman–Crippen MR) is 78.8 cm³/mol. The van der Waals surface area contributed by atoms with Crippen molar-refractivity contribution in [1.82, 2.24) is 4.98 Å². The topological polar surface area (TPSA) is 32.9 Å². The molecular formula is C16H12ClNO.